The van der Waals surface area contributed by atoms with Gasteiger partial charge in [-0.05, 0) is 30.7 Å². The molecule has 1 N–H and O–H groups in total. The molecular formula is C17H13NO3. The van der Waals surface area contributed by atoms with Gasteiger partial charge >= 0.3 is 0 Å². The zero-order valence-corrected chi connectivity index (χ0v) is 11.5. The van der Waals surface area contributed by atoms with E-state index in [1.165, 1.54) is 0 Å². The van der Waals surface area contributed by atoms with Crippen LogP contribution in [0.5, 0.6) is 11.5 Å². The summed E-state index contributed by atoms with van der Waals surface area (Å²) in [5.74, 6) is 1.28. The molecule has 1 aliphatic rings. The number of aryl methyl sites for hydroxylation is 1. The quantitative estimate of drug-likeness (QED) is 0.731. The predicted molar refractivity (Wildman–Crippen MR) is 79.0 cm³/mol. The molecule has 4 nitrogen and oxygen atoms in total. The van der Waals surface area contributed by atoms with Crippen molar-refractivity contribution in [2.45, 2.75) is 6.92 Å². The van der Waals surface area contributed by atoms with Crippen LogP contribution >= 0.6 is 0 Å². The zero-order chi connectivity index (χ0) is 14.4. The van der Waals surface area contributed by atoms with Gasteiger partial charge in [0, 0.05) is 28.2 Å². The maximum Gasteiger partial charge on any atom is 0.231 e. The van der Waals surface area contributed by atoms with Crippen LogP contribution in [0.3, 0.4) is 0 Å². The molecule has 0 spiro atoms. The largest absolute Gasteiger partial charge is 0.454 e. The highest BCUT2D eigenvalue weighted by molar-refractivity contribution is 6.16. The maximum absolute atomic E-state index is 12.7. The van der Waals surface area contributed by atoms with E-state index in [2.05, 4.69) is 4.98 Å². The van der Waals surface area contributed by atoms with E-state index in [4.69, 9.17) is 9.47 Å². The molecule has 4 rings (SSSR count). The number of carbonyl (C=O) groups is 1. The van der Waals surface area contributed by atoms with E-state index in [1.54, 1.807) is 24.4 Å². The fourth-order valence-electron chi connectivity index (χ4n) is 2.69. The molecule has 0 bridgehead atoms. The number of fused-ring (bicyclic) bond motifs is 2. The minimum Gasteiger partial charge on any atom is -0.454 e. The van der Waals surface area contributed by atoms with Crippen molar-refractivity contribution in [1.82, 2.24) is 4.98 Å². The lowest BCUT2D eigenvalue weighted by Crippen LogP contribution is -2.00. The first-order chi connectivity index (χ1) is 10.2. The Morgan fingerprint density at radius 1 is 1.14 bits per heavy atom. The summed E-state index contributed by atoms with van der Waals surface area (Å²) in [4.78, 5) is 15.9. The number of hydrogen-bond donors (Lipinski definition) is 1. The minimum atomic E-state index is -0.0230. The van der Waals surface area contributed by atoms with Crippen molar-refractivity contribution < 1.29 is 14.3 Å². The summed E-state index contributed by atoms with van der Waals surface area (Å²) in [5.41, 5.74) is 3.40. The molecule has 0 radical (unpaired) electrons. The van der Waals surface area contributed by atoms with Crippen LogP contribution in [0.4, 0.5) is 0 Å². The summed E-state index contributed by atoms with van der Waals surface area (Å²) >= 11 is 0. The smallest absolute Gasteiger partial charge is 0.231 e. The van der Waals surface area contributed by atoms with Crippen LogP contribution in [-0.4, -0.2) is 17.6 Å². The van der Waals surface area contributed by atoms with E-state index in [0.29, 0.717) is 22.6 Å². The normalized spacial score (nSPS) is 12.8. The van der Waals surface area contributed by atoms with Gasteiger partial charge in [0.1, 0.15) is 0 Å². The van der Waals surface area contributed by atoms with Gasteiger partial charge < -0.3 is 14.5 Å². The lowest BCUT2D eigenvalue weighted by Gasteiger charge is -2.02. The third kappa shape index (κ3) is 1.80. The topological polar surface area (TPSA) is 51.3 Å². The van der Waals surface area contributed by atoms with E-state index in [0.717, 1.165) is 16.5 Å². The number of H-pyrrole nitrogens is 1. The fourth-order valence-corrected chi connectivity index (χ4v) is 2.69. The molecule has 2 heterocycles. The van der Waals surface area contributed by atoms with Crippen molar-refractivity contribution in [2.24, 2.45) is 0 Å². The zero-order valence-electron chi connectivity index (χ0n) is 11.5. The first-order valence-corrected chi connectivity index (χ1v) is 6.75. The van der Waals surface area contributed by atoms with E-state index in [1.807, 2.05) is 25.1 Å². The van der Waals surface area contributed by atoms with E-state index >= 15 is 0 Å². The second-order valence-corrected chi connectivity index (χ2v) is 5.10. The van der Waals surface area contributed by atoms with Crippen LogP contribution < -0.4 is 9.47 Å². The molecule has 104 valence electrons. The number of carbonyl (C=O) groups excluding carboxylic acids is 1. The van der Waals surface area contributed by atoms with Crippen molar-refractivity contribution in [3.63, 3.8) is 0 Å². The summed E-state index contributed by atoms with van der Waals surface area (Å²) in [6.07, 6.45) is 1.77. The number of rotatable bonds is 2. The predicted octanol–water partition coefficient (Wildman–Crippen LogP) is 3.44. The van der Waals surface area contributed by atoms with E-state index in [-0.39, 0.29) is 12.6 Å². The van der Waals surface area contributed by atoms with Crippen molar-refractivity contribution in [3.8, 4) is 11.5 Å². The minimum absolute atomic E-state index is 0.0230. The number of para-hydroxylation sites is 1. The Labute approximate surface area is 121 Å². The SMILES string of the molecule is Cc1cccc2c(C(=O)c3ccc4c(c3)OCO4)c[nH]c12. The fraction of sp³-hybridized carbons (Fsp3) is 0.118. The van der Waals surface area contributed by atoms with Gasteiger partial charge in [-0.3, -0.25) is 4.79 Å². The second-order valence-electron chi connectivity index (χ2n) is 5.10. The number of ether oxygens (including phenoxy) is 2. The maximum atomic E-state index is 12.7. The summed E-state index contributed by atoms with van der Waals surface area (Å²) in [7, 11) is 0. The molecule has 3 aromatic rings. The second kappa shape index (κ2) is 4.38. The Hall–Kier alpha value is -2.75. The van der Waals surface area contributed by atoms with Gasteiger partial charge in [-0.15, -0.1) is 0 Å². The summed E-state index contributed by atoms with van der Waals surface area (Å²) < 4.78 is 10.6. The molecule has 1 aliphatic heterocycles. The molecule has 0 atom stereocenters. The van der Waals surface area contributed by atoms with Gasteiger partial charge in [0.25, 0.3) is 0 Å². The molecule has 1 aromatic heterocycles. The molecule has 0 fully saturated rings. The number of aromatic amines is 1. The van der Waals surface area contributed by atoms with Crippen molar-refractivity contribution in [1.29, 1.82) is 0 Å². The Bertz CT molecular complexity index is 864. The van der Waals surface area contributed by atoms with Gasteiger partial charge in [-0.1, -0.05) is 18.2 Å². The van der Waals surface area contributed by atoms with Crippen LogP contribution in [0, 0.1) is 6.92 Å². The van der Waals surface area contributed by atoms with Crippen LogP contribution in [0.25, 0.3) is 10.9 Å². The van der Waals surface area contributed by atoms with Crippen LogP contribution in [0.15, 0.2) is 42.6 Å². The molecule has 0 aliphatic carbocycles. The van der Waals surface area contributed by atoms with Crippen molar-refractivity contribution in [3.05, 3.63) is 59.3 Å². The van der Waals surface area contributed by atoms with Gasteiger partial charge in [0.05, 0.1) is 0 Å². The highest BCUT2D eigenvalue weighted by Crippen LogP contribution is 2.33. The standard InChI is InChI=1S/C17H13NO3/c1-10-3-2-4-12-13(8-18-16(10)12)17(19)11-5-6-14-15(7-11)21-9-20-14/h2-8,18H,9H2,1H3. The number of nitrogens with one attached hydrogen (secondary N) is 1. The average Bonchev–Trinajstić information content (AvgIpc) is 3.13. The first-order valence-electron chi connectivity index (χ1n) is 6.75. The monoisotopic (exact) mass is 279 g/mol. The molecule has 2 aromatic carbocycles. The number of benzene rings is 2. The van der Waals surface area contributed by atoms with Crippen LogP contribution in [0.1, 0.15) is 21.5 Å². The third-order valence-electron chi connectivity index (χ3n) is 3.80. The van der Waals surface area contributed by atoms with E-state index in [9.17, 15) is 4.79 Å². The summed E-state index contributed by atoms with van der Waals surface area (Å²) in [6, 6.07) is 11.2. The highest BCUT2D eigenvalue weighted by atomic mass is 16.7. The molecular weight excluding hydrogens is 266 g/mol. The number of aromatic nitrogens is 1. The van der Waals surface area contributed by atoms with Crippen LogP contribution in [-0.2, 0) is 0 Å². The Kier molecular flexibility index (Phi) is 2.51. The third-order valence-corrected chi connectivity index (χ3v) is 3.80. The molecule has 4 heteroatoms. The molecule has 0 saturated heterocycles. The molecule has 0 amide bonds. The Morgan fingerprint density at radius 2 is 2.00 bits per heavy atom. The van der Waals surface area contributed by atoms with Gasteiger partial charge in [0.15, 0.2) is 17.3 Å². The van der Waals surface area contributed by atoms with Gasteiger partial charge in [-0.2, -0.15) is 0 Å². The Balaban J connectivity index is 1.82. The van der Waals surface area contributed by atoms with Gasteiger partial charge in [-0.25, -0.2) is 0 Å². The molecule has 0 unspecified atom stereocenters. The average molecular weight is 279 g/mol. The van der Waals surface area contributed by atoms with Crippen LogP contribution in [0.2, 0.25) is 0 Å². The Morgan fingerprint density at radius 3 is 2.90 bits per heavy atom. The first kappa shape index (κ1) is 12.0. The number of hydrogen-bond acceptors (Lipinski definition) is 3. The van der Waals surface area contributed by atoms with E-state index < -0.39 is 0 Å². The molecule has 21 heavy (non-hydrogen) atoms. The summed E-state index contributed by atoms with van der Waals surface area (Å²) in [5, 5.41) is 0.942. The van der Waals surface area contributed by atoms with Gasteiger partial charge in [0.2, 0.25) is 6.79 Å². The number of ketones is 1. The highest BCUT2D eigenvalue weighted by Gasteiger charge is 2.19. The molecule has 0 saturated carbocycles. The van der Waals surface area contributed by atoms with Crippen molar-refractivity contribution in [2.75, 3.05) is 6.79 Å². The summed E-state index contributed by atoms with van der Waals surface area (Å²) in [6.45, 7) is 2.23. The lowest BCUT2D eigenvalue weighted by molar-refractivity contribution is 0.104. The van der Waals surface area contributed by atoms with Crippen molar-refractivity contribution >= 4 is 16.7 Å². The lowest BCUT2D eigenvalue weighted by atomic mass is 10.0.